The van der Waals surface area contributed by atoms with E-state index in [1.54, 1.807) is 0 Å². The van der Waals surface area contributed by atoms with E-state index in [1.165, 1.54) is 0 Å². The maximum Gasteiger partial charge on any atom is 0.245 e. The fourth-order valence-corrected chi connectivity index (χ4v) is 1.69. The van der Waals surface area contributed by atoms with Crippen LogP contribution in [0.25, 0.3) is 0 Å². The third-order valence-corrected chi connectivity index (χ3v) is 3.11. The maximum absolute atomic E-state index is 6.02. The highest BCUT2D eigenvalue weighted by Crippen LogP contribution is 2.04. The van der Waals surface area contributed by atoms with Crippen molar-refractivity contribution >= 4 is 0 Å². The summed E-state index contributed by atoms with van der Waals surface area (Å²) in [4.78, 5) is 0. The molecule has 1 aromatic rings. The van der Waals surface area contributed by atoms with Gasteiger partial charge in [-0.05, 0) is 34.1 Å². The zero-order chi connectivity index (χ0) is 15.9. The first kappa shape index (κ1) is 18.1. The summed E-state index contributed by atoms with van der Waals surface area (Å²) in [5.74, 6) is 0. The number of nitrogens with zero attached hydrogens (tertiary/aromatic N) is 2. The Bertz CT molecular complexity index is 405. The van der Waals surface area contributed by atoms with Gasteiger partial charge in [-0.1, -0.05) is 0 Å². The molecule has 0 spiro atoms. The van der Waals surface area contributed by atoms with Gasteiger partial charge in [-0.2, -0.15) is 0 Å². The Morgan fingerprint density at radius 1 is 1.00 bits per heavy atom. The van der Waals surface area contributed by atoms with Crippen molar-refractivity contribution in [2.45, 2.75) is 51.9 Å². The van der Waals surface area contributed by atoms with Crippen molar-refractivity contribution < 1.29 is 14.0 Å². The quantitative estimate of drug-likeness (QED) is 0.489. The molecule has 0 aliphatic rings. The predicted molar refractivity (Wildman–Crippen MR) is 82.7 cm³/mol. The van der Waals surface area contributed by atoms with Gasteiger partial charge < -0.3 is 15.2 Å². The van der Waals surface area contributed by atoms with E-state index in [1.807, 2.05) is 51.0 Å². The molecule has 0 bridgehead atoms. The first-order valence-corrected chi connectivity index (χ1v) is 7.49. The maximum atomic E-state index is 6.02. The Morgan fingerprint density at radius 2 is 1.62 bits per heavy atom. The predicted octanol–water partition coefficient (Wildman–Crippen LogP) is 0.588. The van der Waals surface area contributed by atoms with Crippen molar-refractivity contribution in [1.82, 2.24) is 4.57 Å². The molecule has 0 aliphatic carbocycles. The number of hydrogen-bond acceptors (Lipinski definition) is 4. The lowest BCUT2D eigenvalue weighted by atomic mass is 10.0. The van der Waals surface area contributed by atoms with Gasteiger partial charge in [-0.15, -0.1) is 0 Å². The molecule has 1 aromatic heterocycles. The lowest BCUT2D eigenvalue weighted by Gasteiger charge is -2.17. The Balaban J connectivity index is 2.06. The zero-order valence-corrected chi connectivity index (χ0v) is 13.8. The second kappa shape index (κ2) is 7.89. The summed E-state index contributed by atoms with van der Waals surface area (Å²) in [6.45, 7) is 11.3. The van der Waals surface area contributed by atoms with E-state index in [4.69, 9.17) is 20.9 Å². The van der Waals surface area contributed by atoms with Crippen molar-refractivity contribution in [1.29, 1.82) is 0 Å². The second-order valence-electron chi connectivity index (χ2n) is 6.68. The van der Waals surface area contributed by atoms with E-state index >= 15 is 0 Å². The van der Waals surface area contributed by atoms with Crippen LogP contribution in [-0.4, -0.2) is 36.5 Å². The standard InChI is InChI=1S/C15H31N4O2/c1-14(2,16)5-9-20-11-12-21-10-8-18-6-7-19(13-18)15(3,4)17/h6-7,13H,5,8-12,16-17H2,1-4H3/q+1. The summed E-state index contributed by atoms with van der Waals surface area (Å²) in [6, 6.07) is 0. The molecule has 0 unspecified atom stereocenters. The lowest BCUT2D eigenvalue weighted by molar-refractivity contribution is -0.698. The molecule has 0 aromatic carbocycles. The van der Waals surface area contributed by atoms with E-state index in [2.05, 4.69) is 4.57 Å². The summed E-state index contributed by atoms with van der Waals surface area (Å²) in [5.41, 5.74) is 11.3. The first-order chi connectivity index (χ1) is 9.68. The van der Waals surface area contributed by atoms with Crippen molar-refractivity contribution in [2.75, 3.05) is 26.4 Å². The van der Waals surface area contributed by atoms with Crippen LogP contribution in [0.3, 0.4) is 0 Å². The number of aromatic nitrogens is 2. The summed E-state index contributed by atoms with van der Waals surface area (Å²) in [6.07, 6.45) is 6.81. The molecular weight excluding hydrogens is 268 g/mol. The highest BCUT2D eigenvalue weighted by atomic mass is 16.5. The van der Waals surface area contributed by atoms with Crippen molar-refractivity contribution in [3.8, 4) is 0 Å². The molecule has 0 radical (unpaired) electrons. The number of nitrogens with two attached hydrogens (primary N) is 2. The molecule has 0 saturated carbocycles. The fraction of sp³-hybridized carbons (Fsp3) is 0.800. The molecule has 122 valence electrons. The lowest BCUT2D eigenvalue weighted by Crippen LogP contribution is -2.39. The van der Waals surface area contributed by atoms with Gasteiger partial charge in [0, 0.05) is 12.1 Å². The van der Waals surface area contributed by atoms with E-state index in [-0.39, 0.29) is 11.2 Å². The number of ether oxygens (including phenoxy) is 2. The summed E-state index contributed by atoms with van der Waals surface area (Å²) in [5, 5.41) is 0. The van der Waals surface area contributed by atoms with Crippen molar-refractivity contribution in [3.05, 3.63) is 18.7 Å². The molecule has 0 amide bonds. The van der Waals surface area contributed by atoms with E-state index in [0.717, 1.165) is 13.0 Å². The molecule has 1 rings (SSSR count). The molecule has 0 atom stereocenters. The topological polar surface area (TPSA) is 79.3 Å². The molecule has 21 heavy (non-hydrogen) atoms. The Morgan fingerprint density at radius 3 is 2.14 bits per heavy atom. The normalized spacial score (nSPS) is 12.9. The van der Waals surface area contributed by atoms with Crippen LogP contribution in [0.15, 0.2) is 18.7 Å². The molecule has 6 nitrogen and oxygen atoms in total. The van der Waals surface area contributed by atoms with Gasteiger partial charge in [0.05, 0.1) is 19.8 Å². The molecule has 0 fully saturated rings. The summed E-state index contributed by atoms with van der Waals surface area (Å²) < 4.78 is 15.1. The average Bonchev–Trinajstić information content (AvgIpc) is 2.79. The van der Waals surface area contributed by atoms with Crippen LogP contribution in [0.4, 0.5) is 0 Å². The van der Waals surface area contributed by atoms with Crippen molar-refractivity contribution in [3.63, 3.8) is 0 Å². The van der Waals surface area contributed by atoms with E-state index in [0.29, 0.717) is 26.4 Å². The number of imidazole rings is 1. The third-order valence-electron chi connectivity index (χ3n) is 3.11. The van der Waals surface area contributed by atoms with Gasteiger partial charge in [-0.25, -0.2) is 9.13 Å². The molecular formula is C15H31N4O2+. The minimum absolute atomic E-state index is 0.165. The van der Waals surface area contributed by atoms with Crippen LogP contribution in [0.5, 0.6) is 0 Å². The van der Waals surface area contributed by atoms with Gasteiger partial charge in [0.1, 0.15) is 18.9 Å². The Hall–Kier alpha value is -0.950. The highest BCUT2D eigenvalue weighted by Gasteiger charge is 2.19. The van der Waals surface area contributed by atoms with Crippen molar-refractivity contribution in [2.24, 2.45) is 11.5 Å². The SMILES string of the molecule is CC(C)(N)CCOCCOCC[n+]1ccn(C(C)(C)N)c1. The number of rotatable bonds is 10. The van der Waals surface area contributed by atoms with Gasteiger partial charge >= 0.3 is 0 Å². The van der Waals surface area contributed by atoms with Gasteiger partial charge in [0.2, 0.25) is 6.33 Å². The van der Waals surface area contributed by atoms with Crippen LogP contribution in [0, 0.1) is 0 Å². The summed E-state index contributed by atoms with van der Waals surface area (Å²) >= 11 is 0. The van der Waals surface area contributed by atoms with Gasteiger partial charge in [0.25, 0.3) is 0 Å². The molecule has 4 N–H and O–H groups in total. The zero-order valence-electron chi connectivity index (χ0n) is 13.8. The molecule has 1 heterocycles. The minimum Gasteiger partial charge on any atom is -0.379 e. The summed E-state index contributed by atoms with van der Waals surface area (Å²) in [7, 11) is 0. The Kier molecular flexibility index (Phi) is 6.80. The van der Waals surface area contributed by atoms with E-state index in [9.17, 15) is 0 Å². The second-order valence-corrected chi connectivity index (χ2v) is 6.68. The smallest absolute Gasteiger partial charge is 0.245 e. The molecule has 0 saturated heterocycles. The van der Waals surface area contributed by atoms with E-state index < -0.39 is 0 Å². The fourth-order valence-electron chi connectivity index (χ4n) is 1.69. The van der Waals surface area contributed by atoms with Crippen LogP contribution < -0.4 is 16.0 Å². The third kappa shape index (κ3) is 8.16. The Labute approximate surface area is 128 Å². The van der Waals surface area contributed by atoms with Gasteiger partial charge in [0.15, 0.2) is 5.66 Å². The monoisotopic (exact) mass is 299 g/mol. The highest BCUT2D eigenvalue weighted by molar-refractivity contribution is 4.77. The minimum atomic E-state index is -0.378. The molecule has 6 heteroatoms. The van der Waals surface area contributed by atoms with Crippen LogP contribution in [0.1, 0.15) is 34.1 Å². The molecule has 0 aliphatic heterocycles. The van der Waals surface area contributed by atoms with Crippen LogP contribution in [0.2, 0.25) is 0 Å². The number of hydrogen-bond donors (Lipinski definition) is 2. The van der Waals surface area contributed by atoms with Gasteiger partial charge in [-0.3, -0.25) is 5.73 Å². The van der Waals surface area contributed by atoms with Crippen LogP contribution in [-0.2, 0) is 21.7 Å². The largest absolute Gasteiger partial charge is 0.379 e. The van der Waals surface area contributed by atoms with Crippen LogP contribution >= 0.6 is 0 Å². The first-order valence-electron chi connectivity index (χ1n) is 7.49. The average molecular weight is 299 g/mol.